The van der Waals surface area contributed by atoms with Crippen LogP contribution >= 0.6 is 11.6 Å². The van der Waals surface area contributed by atoms with E-state index >= 15 is 0 Å². The van der Waals surface area contributed by atoms with Crippen molar-refractivity contribution >= 4 is 17.5 Å². The predicted octanol–water partition coefficient (Wildman–Crippen LogP) is 4.67. The molecule has 1 aromatic heterocycles. The molecule has 1 saturated heterocycles. The number of rotatable bonds is 4. The van der Waals surface area contributed by atoms with E-state index < -0.39 is 0 Å². The van der Waals surface area contributed by atoms with Gasteiger partial charge in [0.25, 0.3) is 5.91 Å². The van der Waals surface area contributed by atoms with Crippen LogP contribution in [0.4, 0.5) is 0 Å². The zero-order valence-electron chi connectivity index (χ0n) is 14.7. The van der Waals surface area contributed by atoms with Crippen LogP contribution in [0.25, 0.3) is 0 Å². The molecule has 2 fully saturated rings. The minimum Gasteiger partial charge on any atom is -0.490 e. The number of halogens is 1. The predicted molar refractivity (Wildman–Crippen MR) is 98.7 cm³/mol. The van der Waals surface area contributed by atoms with E-state index in [1.807, 2.05) is 29.2 Å². The van der Waals surface area contributed by atoms with Gasteiger partial charge in [0.05, 0.1) is 0 Å². The summed E-state index contributed by atoms with van der Waals surface area (Å²) >= 11 is 5.90. The summed E-state index contributed by atoms with van der Waals surface area (Å²) in [6.07, 6.45) is 7.92. The molecule has 2 aromatic rings. The largest absolute Gasteiger partial charge is 0.490 e. The number of carbonyl (C=O) groups is 1. The Bertz CT molecular complexity index is 745. The lowest BCUT2D eigenvalue weighted by molar-refractivity contribution is 0.0590. The molecule has 1 saturated carbocycles. The number of aromatic nitrogens is 1. The number of hydrogen-bond acceptors (Lipinski definition) is 4. The summed E-state index contributed by atoms with van der Waals surface area (Å²) in [6, 6.07) is 7.39. The summed E-state index contributed by atoms with van der Waals surface area (Å²) in [6.45, 7) is 1.34. The van der Waals surface area contributed by atoms with Gasteiger partial charge in [-0.3, -0.25) is 4.79 Å². The molecule has 5 nitrogen and oxygen atoms in total. The number of ether oxygens (including phenoxy) is 1. The number of amides is 1. The van der Waals surface area contributed by atoms with Crippen LogP contribution in [0.5, 0.6) is 5.75 Å². The number of carbonyl (C=O) groups excluding carboxylic acids is 1. The first-order valence-corrected chi connectivity index (χ1v) is 9.74. The minimum absolute atomic E-state index is 0.0389. The van der Waals surface area contributed by atoms with E-state index in [4.69, 9.17) is 20.8 Å². The normalized spacial score (nSPS) is 19.0. The lowest BCUT2D eigenvalue weighted by Gasteiger charge is -2.31. The van der Waals surface area contributed by atoms with Crippen LogP contribution < -0.4 is 4.74 Å². The average molecular weight is 375 g/mol. The Balaban J connectivity index is 1.31. The molecule has 2 aliphatic rings. The van der Waals surface area contributed by atoms with Crippen molar-refractivity contribution < 1.29 is 13.9 Å². The van der Waals surface area contributed by atoms with Crippen molar-refractivity contribution in [3.05, 3.63) is 47.1 Å². The summed E-state index contributed by atoms with van der Waals surface area (Å²) in [5.74, 6) is 1.89. The van der Waals surface area contributed by atoms with E-state index in [-0.39, 0.29) is 12.0 Å². The first kappa shape index (κ1) is 17.4. The van der Waals surface area contributed by atoms with E-state index in [0.717, 1.165) is 37.3 Å². The Kier molecular flexibility index (Phi) is 5.16. The molecule has 1 aliphatic carbocycles. The highest BCUT2D eigenvalue weighted by Crippen LogP contribution is 2.33. The topological polar surface area (TPSA) is 55.6 Å². The third kappa shape index (κ3) is 3.88. The molecule has 6 heteroatoms. The Morgan fingerprint density at radius 1 is 1.12 bits per heavy atom. The number of nitrogens with zero attached hydrogens (tertiary/aromatic N) is 2. The summed E-state index contributed by atoms with van der Waals surface area (Å²) < 4.78 is 11.6. The number of oxazole rings is 1. The monoisotopic (exact) mass is 374 g/mol. The maximum Gasteiger partial charge on any atom is 0.275 e. The van der Waals surface area contributed by atoms with Crippen molar-refractivity contribution in [2.75, 3.05) is 13.1 Å². The minimum atomic E-state index is -0.0389. The molecule has 1 aliphatic heterocycles. The molecular weight excluding hydrogens is 352 g/mol. The van der Waals surface area contributed by atoms with Gasteiger partial charge in [-0.05, 0) is 37.1 Å². The number of benzene rings is 1. The van der Waals surface area contributed by atoms with E-state index in [9.17, 15) is 4.79 Å². The third-order valence-corrected chi connectivity index (χ3v) is 5.54. The zero-order valence-corrected chi connectivity index (χ0v) is 15.5. The smallest absolute Gasteiger partial charge is 0.275 e. The van der Waals surface area contributed by atoms with Gasteiger partial charge < -0.3 is 14.1 Å². The molecule has 4 rings (SSSR count). The molecule has 26 heavy (non-hydrogen) atoms. The van der Waals surface area contributed by atoms with E-state index in [0.29, 0.717) is 29.7 Å². The van der Waals surface area contributed by atoms with E-state index in [2.05, 4.69) is 4.98 Å². The Labute approximate surface area is 158 Å². The van der Waals surface area contributed by atoms with Gasteiger partial charge in [-0.25, -0.2) is 4.98 Å². The fourth-order valence-corrected chi connectivity index (χ4v) is 3.92. The van der Waals surface area contributed by atoms with Crippen molar-refractivity contribution in [3.8, 4) is 5.75 Å². The number of likely N-dealkylation sites (tertiary alicyclic amines) is 1. The second kappa shape index (κ2) is 7.70. The quantitative estimate of drug-likeness (QED) is 0.780. The highest BCUT2D eigenvalue weighted by Gasteiger charge is 2.28. The second-order valence-corrected chi connectivity index (χ2v) is 7.55. The second-order valence-electron chi connectivity index (χ2n) is 7.12. The molecule has 0 atom stereocenters. The van der Waals surface area contributed by atoms with Crippen LogP contribution in [-0.4, -0.2) is 35.0 Å². The molecular formula is C20H23ClN2O3. The first-order chi connectivity index (χ1) is 12.7. The van der Waals surface area contributed by atoms with Crippen LogP contribution in [0.1, 0.15) is 60.8 Å². The van der Waals surface area contributed by atoms with Crippen LogP contribution in [0.2, 0.25) is 5.02 Å². The molecule has 0 unspecified atom stereocenters. The third-order valence-electron chi connectivity index (χ3n) is 5.29. The van der Waals surface area contributed by atoms with Crippen molar-refractivity contribution in [1.82, 2.24) is 9.88 Å². The van der Waals surface area contributed by atoms with Gasteiger partial charge in [0.1, 0.15) is 18.1 Å². The van der Waals surface area contributed by atoms with E-state index in [1.54, 1.807) is 0 Å². The van der Waals surface area contributed by atoms with Gasteiger partial charge in [0, 0.05) is 36.9 Å². The van der Waals surface area contributed by atoms with Crippen molar-refractivity contribution in [2.24, 2.45) is 0 Å². The highest BCUT2D eigenvalue weighted by molar-refractivity contribution is 6.30. The maximum absolute atomic E-state index is 12.7. The van der Waals surface area contributed by atoms with Gasteiger partial charge in [-0.15, -0.1) is 0 Å². The van der Waals surface area contributed by atoms with Gasteiger partial charge >= 0.3 is 0 Å². The zero-order chi connectivity index (χ0) is 17.9. The molecule has 2 heterocycles. The van der Waals surface area contributed by atoms with Crippen molar-refractivity contribution in [2.45, 2.75) is 50.5 Å². The molecule has 0 spiro atoms. The van der Waals surface area contributed by atoms with Crippen molar-refractivity contribution in [3.63, 3.8) is 0 Å². The van der Waals surface area contributed by atoms with Crippen LogP contribution in [0.3, 0.4) is 0 Å². The lowest BCUT2D eigenvalue weighted by Crippen LogP contribution is -2.41. The Morgan fingerprint density at radius 3 is 2.50 bits per heavy atom. The Hall–Kier alpha value is -2.01. The standard InChI is InChI=1S/C20H23ClN2O3/c21-15-5-7-16(8-6-15)26-17-9-11-23(12-10-17)20(24)18-13-25-19(22-18)14-3-1-2-4-14/h5-8,13-14,17H,1-4,9-12H2. The van der Waals surface area contributed by atoms with Gasteiger partial charge in [-0.1, -0.05) is 24.4 Å². The molecule has 1 aromatic carbocycles. The highest BCUT2D eigenvalue weighted by atomic mass is 35.5. The number of piperidine rings is 1. The fraction of sp³-hybridized carbons (Fsp3) is 0.500. The van der Waals surface area contributed by atoms with Crippen molar-refractivity contribution in [1.29, 1.82) is 0 Å². The summed E-state index contributed by atoms with van der Waals surface area (Å²) in [5, 5.41) is 0.697. The molecule has 1 amide bonds. The van der Waals surface area contributed by atoms with Crippen LogP contribution in [-0.2, 0) is 0 Å². The van der Waals surface area contributed by atoms with Gasteiger partial charge in [0.15, 0.2) is 11.6 Å². The summed E-state index contributed by atoms with van der Waals surface area (Å²) in [4.78, 5) is 19.0. The number of hydrogen-bond donors (Lipinski definition) is 0. The molecule has 0 radical (unpaired) electrons. The summed E-state index contributed by atoms with van der Waals surface area (Å²) in [7, 11) is 0. The van der Waals surface area contributed by atoms with Gasteiger partial charge in [-0.2, -0.15) is 0 Å². The molecule has 138 valence electrons. The lowest BCUT2D eigenvalue weighted by atomic mass is 10.1. The fourth-order valence-electron chi connectivity index (χ4n) is 3.79. The maximum atomic E-state index is 12.7. The van der Waals surface area contributed by atoms with Crippen LogP contribution in [0.15, 0.2) is 34.9 Å². The van der Waals surface area contributed by atoms with E-state index in [1.165, 1.54) is 19.1 Å². The average Bonchev–Trinajstić information content (AvgIpc) is 3.35. The first-order valence-electron chi connectivity index (χ1n) is 9.36. The molecule has 0 N–H and O–H groups in total. The summed E-state index contributed by atoms with van der Waals surface area (Å²) in [5.41, 5.74) is 0.434. The van der Waals surface area contributed by atoms with Gasteiger partial charge in [0.2, 0.25) is 0 Å². The van der Waals surface area contributed by atoms with Crippen LogP contribution in [0, 0.1) is 0 Å². The Morgan fingerprint density at radius 2 is 1.81 bits per heavy atom. The molecule has 0 bridgehead atoms. The SMILES string of the molecule is O=C(c1coc(C2CCCC2)n1)N1CCC(Oc2ccc(Cl)cc2)CC1.